The van der Waals surface area contributed by atoms with Crippen LogP contribution >= 0.6 is 0 Å². The SMILES string of the molecule is CC1CC(C)N(C(=O)NCC(C(=O)O)c2ccccc2)C1. The first-order valence-electron chi connectivity index (χ1n) is 7.31. The van der Waals surface area contributed by atoms with Crippen molar-refractivity contribution in [2.75, 3.05) is 13.1 Å². The van der Waals surface area contributed by atoms with Crippen molar-refractivity contribution in [1.82, 2.24) is 10.2 Å². The number of carbonyl (C=O) groups excluding carboxylic acids is 1. The van der Waals surface area contributed by atoms with Crippen LogP contribution in [0.3, 0.4) is 0 Å². The fourth-order valence-electron chi connectivity index (χ4n) is 2.91. The molecule has 1 aromatic carbocycles. The summed E-state index contributed by atoms with van der Waals surface area (Å²) in [5.41, 5.74) is 0.702. The highest BCUT2D eigenvalue weighted by Crippen LogP contribution is 2.22. The Kier molecular flexibility index (Phi) is 4.83. The third kappa shape index (κ3) is 3.74. The quantitative estimate of drug-likeness (QED) is 0.894. The van der Waals surface area contributed by atoms with Gasteiger partial charge in [0, 0.05) is 19.1 Å². The summed E-state index contributed by atoms with van der Waals surface area (Å²) in [6, 6.07) is 9.02. The van der Waals surface area contributed by atoms with Crippen LogP contribution in [0.15, 0.2) is 30.3 Å². The molecule has 21 heavy (non-hydrogen) atoms. The molecule has 2 rings (SSSR count). The van der Waals surface area contributed by atoms with Gasteiger partial charge in [-0.2, -0.15) is 0 Å². The molecular weight excluding hydrogens is 268 g/mol. The van der Waals surface area contributed by atoms with Crippen LogP contribution in [0.1, 0.15) is 31.7 Å². The van der Waals surface area contributed by atoms with E-state index in [1.807, 2.05) is 13.0 Å². The second-order valence-electron chi connectivity index (χ2n) is 5.83. The van der Waals surface area contributed by atoms with Gasteiger partial charge < -0.3 is 15.3 Å². The number of aliphatic carboxylic acids is 1. The lowest BCUT2D eigenvalue weighted by atomic mass is 9.99. The van der Waals surface area contributed by atoms with Crippen LogP contribution in [0, 0.1) is 5.92 Å². The number of benzene rings is 1. The van der Waals surface area contributed by atoms with Crippen molar-refractivity contribution in [3.63, 3.8) is 0 Å². The molecule has 1 aliphatic rings. The molecule has 1 heterocycles. The van der Waals surface area contributed by atoms with E-state index in [4.69, 9.17) is 0 Å². The van der Waals surface area contributed by atoms with Crippen LogP contribution < -0.4 is 5.32 Å². The van der Waals surface area contributed by atoms with E-state index in [0.29, 0.717) is 11.5 Å². The second kappa shape index (κ2) is 6.61. The maximum absolute atomic E-state index is 12.2. The van der Waals surface area contributed by atoms with E-state index in [2.05, 4.69) is 12.2 Å². The topological polar surface area (TPSA) is 69.6 Å². The normalized spacial score (nSPS) is 22.9. The number of urea groups is 1. The van der Waals surface area contributed by atoms with Gasteiger partial charge in [0.25, 0.3) is 0 Å². The Balaban J connectivity index is 1.97. The molecule has 0 aliphatic carbocycles. The number of rotatable bonds is 4. The van der Waals surface area contributed by atoms with Gasteiger partial charge in [-0.25, -0.2) is 4.79 Å². The van der Waals surface area contributed by atoms with Gasteiger partial charge in [-0.1, -0.05) is 37.3 Å². The van der Waals surface area contributed by atoms with Gasteiger partial charge in [-0.15, -0.1) is 0 Å². The lowest BCUT2D eigenvalue weighted by Gasteiger charge is -2.23. The number of hydrogen-bond donors (Lipinski definition) is 2. The van der Waals surface area contributed by atoms with Gasteiger partial charge in [0.15, 0.2) is 0 Å². The van der Waals surface area contributed by atoms with Gasteiger partial charge >= 0.3 is 12.0 Å². The van der Waals surface area contributed by atoms with E-state index in [1.54, 1.807) is 29.2 Å². The summed E-state index contributed by atoms with van der Waals surface area (Å²) in [7, 11) is 0. The maximum Gasteiger partial charge on any atom is 0.317 e. The highest BCUT2D eigenvalue weighted by Gasteiger charge is 2.30. The lowest BCUT2D eigenvalue weighted by molar-refractivity contribution is -0.138. The van der Waals surface area contributed by atoms with Crippen LogP contribution in [0.2, 0.25) is 0 Å². The molecule has 5 heteroatoms. The van der Waals surface area contributed by atoms with Crippen molar-refractivity contribution < 1.29 is 14.7 Å². The molecule has 0 radical (unpaired) electrons. The Morgan fingerprint density at radius 2 is 2.00 bits per heavy atom. The summed E-state index contributed by atoms with van der Waals surface area (Å²) in [4.78, 5) is 25.4. The lowest BCUT2D eigenvalue weighted by Crippen LogP contribution is -2.44. The molecule has 0 aromatic heterocycles. The largest absolute Gasteiger partial charge is 0.481 e. The molecule has 114 valence electrons. The molecule has 3 unspecified atom stereocenters. The number of carbonyl (C=O) groups is 2. The molecule has 2 amide bonds. The van der Waals surface area contributed by atoms with Crippen molar-refractivity contribution >= 4 is 12.0 Å². The van der Waals surface area contributed by atoms with Gasteiger partial charge in [0.1, 0.15) is 0 Å². The zero-order valence-electron chi connectivity index (χ0n) is 12.5. The molecule has 1 saturated heterocycles. The minimum atomic E-state index is -0.927. The predicted octanol–water partition coefficient (Wildman–Crippen LogP) is 2.29. The average Bonchev–Trinajstić information content (AvgIpc) is 2.78. The smallest absolute Gasteiger partial charge is 0.317 e. The fraction of sp³-hybridized carbons (Fsp3) is 0.500. The minimum Gasteiger partial charge on any atom is -0.481 e. The number of carboxylic acids is 1. The van der Waals surface area contributed by atoms with Gasteiger partial charge in [0.05, 0.1) is 5.92 Å². The molecular formula is C16H22N2O3. The third-order valence-corrected chi connectivity index (χ3v) is 4.00. The number of amides is 2. The van der Waals surface area contributed by atoms with E-state index in [1.165, 1.54) is 0 Å². The molecule has 3 atom stereocenters. The monoisotopic (exact) mass is 290 g/mol. The highest BCUT2D eigenvalue weighted by molar-refractivity contribution is 5.79. The van der Waals surface area contributed by atoms with Gasteiger partial charge in [0.2, 0.25) is 0 Å². The van der Waals surface area contributed by atoms with E-state index in [9.17, 15) is 14.7 Å². The summed E-state index contributed by atoms with van der Waals surface area (Å²) in [5.74, 6) is -1.15. The third-order valence-electron chi connectivity index (χ3n) is 4.00. The molecule has 5 nitrogen and oxygen atoms in total. The van der Waals surface area contributed by atoms with Crippen LogP contribution in [0.4, 0.5) is 4.79 Å². The number of nitrogens with one attached hydrogen (secondary N) is 1. The Morgan fingerprint density at radius 3 is 2.52 bits per heavy atom. The van der Waals surface area contributed by atoms with Crippen molar-refractivity contribution in [1.29, 1.82) is 0 Å². The van der Waals surface area contributed by atoms with E-state index in [0.717, 1.165) is 13.0 Å². The van der Waals surface area contributed by atoms with Crippen molar-refractivity contribution in [3.05, 3.63) is 35.9 Å². The zero-order valence-corrected chi connectivity index (χ0v) is 12.5. The van der Waals surface area contributed by atoms with E-state index >= 15 is 0 Å². The van der Waals surface area contributed by atoms with Crippen LogP contribution in [-0.4, -0.2) is 41.1 Å². The van der Waals surface area contributed by atoms with Crippen LogP contribution in [-0.2, 0) is 4.79 Å². The van der Waals surface area contributed by atoms with Crippen LogP contribution in [0.25, 0.3) is 0 Å². The summed E-state index contributed by atoms with van der Waals surface area (Å²) < 4.78 is 0. The molecule has 1 aliphatic heterocycles. The zero-order chi connectivity index (χ0) is 15.4. The second-order valence-corrected chi connectivity index (χ2v) is 5.83. The highest BCUT2D eigenvalue weighted by atomic mass is 16.4. The first kappa shape index (κ1) is 15.4. The Bertz CT molecular complexity index is 504. The maximum atomic E-state index is 12.2. The van der Waals surface area contributed by atoms with Gasteiger partial charge in [-0.3, -0.25) is 4.79 Å². The summed E-state index contributed by atoms with van der Waals surface area (Å²) in [6.45, 7) is 4.98. The molecule has 1 aromatic rings. The molecule has 0 spiro atoms. The summed E-state index contributed by atoms with van der Waals surface area (Å²) in [5, 5.41) is 12.1. The predicted molar refractivity (Wildman–Crippen MR) is 80.2 cm³/mol. The average molecular weight is 290 g/mol. The molecule has 0 bridgehead atoms. The summed E-state index contributed by atoms with van der Waals surface area (Å²) in [6.07, 6.45) is 0.995. The summed E-state index contributed by atoms with van der Waals surface area (Å²) >= 11 is 0. The first-order valence-corrected chi connectivity index (χ1v) is 7.31. The van der Waals surface area contributed by atoms with Gasteiger partial charge in [-0.05, 0) is 24.8 Å². The molecule has 1 fully saturated rings. The first-order chi connectivity index (χ1) is 9.99. The number of hydrogen-bond acceptors (Lipinski definition) is 2. The minimum absolute atomic E-state index is 0.107. The van der Waals surface area contributed by atoms with Crippen molar-refractivity contribution in [2.45, 2.75) is 32.2 Å². The van der Waals surface area contributed by atoms with Crippen molar-refractivity contribution in [2.24, 2.45) is 5.92 Å². The van der Waals surface area contributed by atoms with E-state index < -0.39 is 11.9 Å². The van der Waals surface area contributed by atoms with E-state index in [-0.39, 0.29) is 18.6 Å². The Labute approximate surface area is 125 Å². The standard InChI is InChI=1S/C16H22N2O3/c1-11-8-12(2)18(10-11)16(21)17-9-14(15(19)20)13-6-4-3-5-7-13/h3-7,11-12,14H,8-10H2,1-2H3,(H,17,21)(H,19,20). The van der Waals surface area contributed by atoms with Crippen LogP contribution in [0.5, 0.6) is 0 Å². The Hall–Kier alpha value is -2.04. The number of carboxylic acid groups (broad SMARTS) is 1. The number of nitrogens with zero attached hydrogens (tertiary/aromatic N) is 1. The molecule has 2 N–H and O–H groups in total. The molecule has 0 saturated carbocycles. The Morgan fingerprint density at radius 1 is 1.33 bits per heavy atom. The fourth-order valence-corrected chi connectivity index (χ4v) is 2.91. The van der Waals surface area contributed by atoms with Crippen molar-refractivity contribution in [3.8, 4) is 0 Å². The number of likely N-dealkylation sites (tertiary alicyclic amines) is 1.